The molecule has 0 fully saturated rings. The number of fused-ring (bicyclic) bond motifs is 2. The maximum atomic E-state index is 12.9. The van der Waals surface area contributed by atoms with E-state index in [1.165, 1.54) is 11.9 Å². The first-order chi connectivity index (χ1) is 12.5. The summed E-state index contributed by atoms with van der Waals surface area (Å²) in [7, 11) is 1.76. The van der Waals surface area contributed by atoms with Gasteiger partial charge in [0.2, 0.25) is 0 Å². The third kappa shape index (κ3) is 2.85. The first-order valence-corrected chi connectivity index (χ1v) is 8.97. The van der Waals surface area contributed by atoms with Crippen LogP contribution in [0.3, 0.4) is 0 Å². The Morgan fingerprint density at radius 2 is 2.15 bits per heavy atom. The summed E-state index contributed by atoms with van der Waals surface area (Å²) in [5, 5.41) is 8.38. The van der Waals surface area contributed by atoms with Gasteiger partial charge in [0, 0.05) is 19.0 Å². The van der Waals surface area contributed by atoms with E-state index >= 15 is 0 Å². The maximum absolute atomic E-state index is 12.9. The minimum Gasteiger partial charge on any atom is -0.361 e. The van der Waals surface area contributed by atoms with Crippen LogP contribution in [0.2, 0.25) is 0 Å². The lowest BCUT2D eigenvalue weighted by Gasteiger charge is -2.18. The van der Waals surface area contributed by atoms with Gasteiger partial charge < -0.3 is 9.42 Å². The van der Waals surface area contributed by atoms with Crippen LogP contribution in [0, 0.1) is 0 Å². The first kappa shape index (κ1) is 16.7. The van der Waals surface area contributed by atoms with Crippen molar-refractivity contribution in [2.24, 2.45) is 0 Å². The monoisotopic (exact) mass is 354 g/mol. The van der Waals surface area contributed by atoms with Gasteiger partial charge in [-0.3, -0.25) is 4.79 Å². The number of nitrogens with zero attached hydrogens (tertiary/aromatic N) is 6. The highest BCUT2D eigenvalue weighted by molar-refractivity contribution is 5.92. The fourth-order valence-electron chi connectivity index (χ4n) is 3.42. The molecule has 0 N–H and O–H groups in total. The molecule has 0 saturated carbocycles. The summed E-state index contributed by atoms with van der Waals surface area (Å²) in [6, 6.07) is 1.80. The van der Waals surface area contributed by atoms with Gasteiger partial charge in [0.1, 0.15) is 23.5 Å². The van der Waals surface area contributed by atoms with Gasteiger partial charge in [0.15, 0.2) is 0 Å². The first-order valence-electron chi connectivity index (χ1n) is 8.97. The van der Waals surface area contributed by atoms with Crippen molar-refractivity contribution in [1.82, 2.24) is 29.6 Å². The van der Waals surface area contributed by atoms with E-state index in [9.17, 15) is 4.79 Å². The number of aryl methyl sites for hydroxylation is 1. The van der Waals surface area contributed by atoms with Crippen molar-refractivity contribution in [1.29, 1.82) is 0 Å². The summed E-state index contributed by atoms with van der Waals surface area (Å²) in [5.41, 5.74) is 3.29. The minimum atomic E-state index is -0.162. The second-order valence-corrected chi connectivity index (χ2v) is 7.09. The normalized spacial score (nSPS) is 14.0. The molecule has 3 aromatic rings. The Morgan fingerprint density at radius 3 is 2.96 bits per heavy atom. The molecule has 0 bridgehead atoms. The average Bonchev–Trinajstić information content (AvgIpc) is 3.27. The van der Waals surface area contributed by atoms with Crippen molar-refractivity contribution in [3.05, 3.63) is 40.8 Å². The highest BCUT2D eigenvalue weighted by Crippen LogP contribution is 2.25. The molecule has 26 heavy (non-hydrogen) atoms. The fourth-order valence-corrected chi connectivity index (χ4v) is 3.42. The third-order valence-electron chi connectivity index (χ3n) is 4.86. The van der Waals surface area contributed by atoms with Gasteiger partial charge >= 0.3 is 0 Å². The molecule has 1 aliphatic rings. The second-order valence-electron chi connectivity index (χ2n) is 7.09. The van der Waals surface area contributed by atoms with Gasteiger partial charge in [-0.25, -0.2) is 9.50 Å². The number of aromatic nitrogens is 5. The molecule has 0 radical (unpaired) electrons. The van der Waals surface area contributed by atoms with Gasteiger partial charge in [-0.05, 0) is 31.2 Å². The molecule has 1 amide bonds. The SMILES string of the molecule is CC(C)c1cc(C(=O)N(C)Cc2noc3c2CCCC3)nc2ncnn12. The van der Waals surface area contributed by atoms with Crippen LogP contribution >= 0.6 is 0 Å². The molecule has 4 rings (SSSR count). The van der Waals surface area contributed by atoms with Crippen LogP contribution in [0.15, 0.2) is 16.9 Å². The summed E-state index contributed by atoms with van der Waals surface area (Å²) in [4.78, 5) is 23.1. The van der Waals surface area contributed by atoms with Crippen LogP contribution in [0.4, 0.5) is 0 Å². The maximum Gasteiger partial charge on any atom is 0.272 e. The summed E-state index contributed by atoms with van der Waals surface area (Å²) < 4.78 is 7.12. The van der Waals surface area contributed by atoms with Crippen LogP contribution in [-0.2, 0) is 19.4 Å². The van der Waals surface area contributed by atoms with Gasteiger partial charge in [0.05, 0.1) is 12.2 Å². The lowest BCUT2D eigenvalue weighted by Crippen LogP contribution is -2.28. The van der Waals surface area contributed by atoms with Gasteiger partial charge in [-0.15, -0.1) is 0 Å². The topological polar surface area (TPSA) is 89.4 Å². The summed E-state index contributed by atoms with van der Waals surface area (Å²) in [5.74, 6) is 1.44. The zero-order chi connectivity index (χ0) is 18.3. The van der Waals surface area contributed by atoms with E-state index in [1.54, 1.807) is 22.5 Å². The Bertz CT molecular complexity index is 958. The molecule has 1 aliphatic carbocycles. The standard InChI is InChI=1S/C18H22N6O2/c1-11(2)15-8-13(21-18-19-10-20-24(15)18)17(25)23(3)9-14-12-6-4-5-7-16(12)26-22-14/h8,10-11H,4-7,9H2,1-3H3. The molecule has 3 aromatic heterocycles. The van der Waals surface area contributed by atoms with E-state index in [1.807, 2.05) is 0 Å². The van der Waals surface area contributed by atoms with E-state index in [-0.39, 0.29) is 11.8 Å². The van der Waals surface area contributed by atoms with Crippen LogP contribution in [0.5, 0.6) is 0 Å². The number of hydrogen-bond acceptors (Lipinski definition) is 6. The van der Waals surface area contributed by atoms with E-state index in [2.05, 4.69) is 34.1 Å². The number of carbonyl (C=O) groups excluding carboxylic acids is 1. The van der Waals surface area contributed by atoms with Crippen molar-refractivity contribution >= 4 is 11.7 Å². The van der Waals surface area contributed by atoms with Gasteiger partial charge in [0.25, 0.3) is 11.7 Å². The third-order valence-corrected chi connectivity index (χ3v) is 4.86. The molecule has 0 atom stereocenters. The number of rotatable bonds is 4. The lowest BCUT2D eigenvalue weighted by atomic mass is 9.96. The number of amides is 1. The predicted molar refractivity (Wildman–Crippen MR) is 93.8 cm³/mol. The smallest absolute Gasteiger partial charge is 0.272 e. The van der Waals surface area contributed by atoms with E-state index < -0.39 is 0 Å². The molecule has 0 saturated heterocycles. The molecular weight excluding hydrogens is 332 g/mol. The molecule has 0 unspecified atom stereocenters. The molecule has 8 nitrogen and oxygen atoms in total. The molecule has 3 heterocycles. The Balaban J connectivity index is 1.61. The van der Waals surface area contributed by atoms with Crippen molar-refractivity contribution in [3.63, 3.8) is 0 Å². The highest BCUT2D eigenvalue weighted by Gasteiger charge is 2.23. The van der Waals surface area contributed by atoms with E-state index in [0.717, 1.165) is 42.8 Å². The second kappa shape index (κ2) is 6.51. The van der Waals surface area contributed by atoms with E-state index in [4.69, 9.17) is 4.52 Å². The highest BCUT2D eigenvalue weighted by atomic mass is 16.5. The zero-order valence-corrected chi connectivity index (χ0v) is 15.3. The average molecular weight is 354 g/mol. The molecular formula is C18H22N6O2. The van der Waals surface area contributed by atoms with Crippen molar-refractivity contribution in [2.45, 2.75) is 52.0 Å². The fraction of sp³-hybridized carbons (Fsp3) is 0.500. The molecule has 0 aliphatic heterocycles. The van der Waals surface area contributed by atoms with Crippen LogP contribution < -0.4 is 0 Å². The predicted octanol–water partition coefficient (Wildman–Crippen LogP) is 2.39. The molecule has 0 aromatic carbocycles. The quantitative estimate of drug-likeness (QED) is 0.715. The van der Waals surface area contributed by atoms with Crippen molar-refractivity contribution in [3.8, 4) is 0 Å². The lowest BCUT2D eigenvalue weighted by molar-refractivity contribution is 0.0776. The van der Waals surface area contributed by atoms with Crippen molar-refractivity contribution in [2.75, 3.05) is 7.05 Å². The minimum absolute atomic E-state index is 0.162. The molecule has 8 heteroatoms. The van der Waals surface area contributed by atoms with Gasteiger partial charge in [-0.2, -0.15) is 10.1 Å². The molecule has 0 spiro atoms. The van der Waals surface area contributed by atoms with Gasteiger partial charge in [-0.1, -0.05) is 19.0 Å². The Labute approximate surface area is 151 Å². The molecule has 136 valence electrons. The summed E-state index contributed by atoms with van der Waals surface area (Å²) >= 11 is 0. The van der Waals surface area contributed by atoms with Crippen molar-refractivity contribution < 1.29 is 9.32 Å². The number of hydrogen-bond donors (Lipinski definition) is 0. The summed E-state index contributed by atoms with van der Waals surface area (Å²) in [6.45, 7) is 4.51. The Kier molecular flexibility index (Phi) is 4.18. The van der Waals surface area contributed by atoms with Crippen LogP contribution in [0.1, 0.15) is 65.8 Å². The Morgan fingerprint density at radius 1 is 1.35 bits per heavy atom. The number of carbonyl (C=O) groups is 1. The summed E-state index contributed by atoms with van der Waals surface area (Å²) in [6.07, 6.45) is 5.63. The zero-order valence-electron chi connectivity index (χ0n) is 15.3. The van der Waals surface area contributed by atoms with Crippen LogP contribution in [0.25, 0.3) is 5.78 Å². The van der Waals surface area contributed by atoms with E-state index in [0.29, 0.717) is 18.0 Å². The van der Waals surface area contributed by atoms with Crippen LogP contribution in [-0.4, -0.2) is 42.6 Å². The largest absolute Gasteiger partial charge is 0.361 e. The Hall–Kier alpha value is -2.77.